The van der Waals surface area contributed by atoms with E-state index in [1.807, 2.05) is 12.1 Å². The molecule has 0 spiro atoms. The Morgan fingerprint density at radius 3 is 1.88 bits per heavy atom. The molecule has 1 aromatic carbocycles. The molecule has 4 heteroatoms. The molecule has 0 aliphatic carbocycles. The zero-order chi connectivity index (χ0) is 13.0. The molecule has 0 saturated heterocycles. The van der Waals surface area contributed by atoms with E-state index < -0.39 is 0 Å². The van der Waals surface area contributed by atoms with E-state index in [4.69, 9.17) is 10.3 Å². The Labute approximate surface area is 102 Å². The summed E-state index contributed by atoms with van der Waals surface area (Å²) in [4.78, 5) is 2.85. The molecule has 1 aromatic rings. The van der Waals surface area contributed by atoms with Crippen molar-refractivity contribution in [3.63, 3.8) is 0 Å². The minimum atomic E-state index is 0.330. The van der Waals surface area contributed by atoms with Crippen molar-refractivity contribution in [1.82, 2.24) is 0 Å². The Hall–Kier alpha value is -1.67. The number of methoxy groups -OCH3 is 1. The zero-order valence-electron chi connectivity index (χ0n) is 11.1. The molecule has 0 N–H and O–H groups in total. The molecule has 0 saturated carbocycles. The second-order valence-electron chi connectivity index (χ2n) is 4.66. The fourth-order valence-corrected chi connectivity index (χ4v) is 1.86. The predicted octanol–water partition coefficient (Wildman–Crippen LogP) is 4.88. The molecule has 0 fully saturated rings. The van der Waals surface area contributed by atoms with E-state index in [0.29, 0.717) is 17.5 Å². The third kappa shape index (κ3) is 2.92. The number of benzene rings is 1. The molecule has 0 atom stereocenters. The highest BCUT2D eigenvalue weighted by Gasteiger charge is 2.15. The molecule has 0 aromatic heterocycles. The van der Waals surface area contributed by atoms with Crippen LogP contribution in [0.2, 0.25) is 0 Å². The molecular formula is C13H19N3O. The summed E-state index contributed by atoms with van der Waals surface area (Å²) in [5.74, 6) is 1.57. The fourth-order valence-electron chi connectivity index (χ4n) is 1.86. The standard InChI is InChI=1S/C13H19N3O/c1-8(2)11-6-10(15-16-14)7-12(9(3)4)13(11)17-5/h6-9H,1-5H3. The van der Waals surface area contributed by atoms with E-state index >= 15 is 0 Å². The Kier molecular flexibility index (Phi) is 4.41. The Morgan fingerprint density at radius 1 is 1.12 bits per heavy atom. The monoisotopic (exact) mass is 233 g/mol. The molecule has 17 heavy (non-hydrogen) atoms. The summed E-state index contributed by atoms with van der Waals surface area (Å²) in [6, 6.07) is 3.80. The molecule has 0 bridgehead atoms. The zero-order valence-corrected chi connectivity index (χ0v) is 11.1. The van der Waals surface area contributed by atoms with Crippen LogP contribution in [-0.2, 0) is 0 Å². The minimum Gasteiger partial charge on any atom is -0.496 e. The van der Waals surface area contributed by atoms with Crippen LogP contribution in [0, 0.1) is 0 Å². The van der Waals surface area contributed by atoms with Crippen molar-refractivity contribution in [2.75, 3.05) is 7.11 Å². The highest BCUT2D eigenvalue weighted by atomic mass is 16.5. The highest BCUT2D eigenvalue weighted by molar-refractivity contribution is 5.55. The first-order chi connectivity index (χ1) is 8.01. The van der Waals surface area contributed by atoms with Crippen LogP contribution in [0.3, 0.4) is 0 Å². The van der Waals surface area contributed by atoms with Crippen LogP contribution in [0.1, 0.15) is 50.7 Å². The molecule has 0 aliphatic rings. The number of hydrogen-bond acceptors (Lipinski definition) is 2. The van der Waals surface area contributed by atoms with Crippen LogP contribution in [0.15, 0.2) is 17.2 Å². The van der Waals surface area contributed by atoms with E-state index in [-0.39, 0.29) is 0 Å². The van der Waals surface area contributed by atoms with E-state index in [1.165, 1.54) is 0 Å². The molecule has 4 nitrogen and oxygen atoms in total. The van der Waals surface area contributed by atoms with Crippen LogP contribution in [0.25, 0.3) is 10.4 Å². The van der Waals surface area contributed by atoms with Crippen molar-refractivity contribution >= 4 is 5.69 Å². The largest absolute Gasteiger partial charge is 0.496 e. The van der Waals surface area contributed by atoms with Gasteiger partial charge in [0.2, 0.25) is 0 Å². The summed E-state index contributed by atoms with van der Waals surface area (Å²) < 4.78 is 5.50. The lowest BCUT2D eigenvalue weighted by atomic mass is 9.93. The maximum atomic E-state index is 8.53. The van der Waals surface area contributed by atoms with Crippen molar-refractivity contribution in [2.24, 2.45) is 5.11 Å². The van der Waals surface area contributed by atoms with Gasteiger partial charge in [0, 0.05) is 10.6 Å². The van der Waals surface area contributed by atoms with Gasteiger partial charge in [-0.2, -0.15) is 0 Å². The number of nitrogens with zero attached hydrogens (tertiary/aromatic N) is 3. The molecule has 0 unspecified atom stereocenters. The predicted molar refractivity (Wildman–Crippen MR) is 70.0 cm³/mol. The van der Waals surface area contributed by atoms with Gasteiger partial charge in [-0.05, 0) is 40.6 Å². The normalized spacial score (nSPS) is 10.5. The molecule has 1 rings (SSSR count). The van der Waals surface area contributed by atoms with Gasteiger partial charge in [-0.25, -0.2) is 0 Å². The summed E-state index contributed by atoms with van der Waals surface area (Å²) in [5, 5.41) is 3.69. The van der Waals surface area contributed by atoms with Crippen molar-refractivity contribution in [3.05, 3.63) is 33.7 Å². The summed E-state index contributed by atoms with van der Waals surface area (Å²) in [6.45, 7) is 8.40. The Bertz CT molecular complexity index is 417. The number of rotatable bonds is 4. The first-order valence-electron chi connectivity index (χ1n) is 5.78. The van der Waals surface area contributed by atoms with Crippen molar-refractivity contribution in [1.29, 1.82) is 0 Å². The molecule has 0 radical (unpaired) electrons. The number of ether oxygens (including phenoxy) is 1. The van der Waals surface area contributed by atoms with Crippen LogP contribution < -0.4 is 4.74 Å². The van der Waals surface area contributed by atoms with Gasteiger partial charge >= 0.3 is 0 Å². The average Bonchev–Trinajstić information content (AvgIpc) is 2.28. The maximum absolute atomic E-state index is 8.53. The van der Waals surface area contributed by atoms with Crippen LogP contribution in [-0.4, -0.2) is 7.11 Å². The molecule has 0 amide bonds. The van der Waals surface area contributed by atoms with Gasteiger partial charge in [-0.3, -0.25) is 0 Å². The minimum absolute atomic E-state index is 0.330. The van der Waals surface area contributed by atoms with Gasteiger partial charge in [0.15, 0.2) is 0 Å². The van der Waals surface area contributed by atoms with Crippen LogP contribution in [0.4, 0.5) is 5.69 Å². The molecule has 92 valence electrons. The first kappa shape index (κ1) is 13.4. The van der Waals surface area contributed by atoms with Gasteiger partial charge in [0.1, 0.15) is 5.75 Å². The molecule has 0 aliphatic heterocycles. The third-order valence-electron chi connectivity index (χ3n) is 2.74. The third-order valence-corrected chi connectivity index (χ3v) is 2.74. The summed E-state index contributed by atoms with van der Waals surface area (Å²) in [6.07, 6.45) is 0. The lowest BCUT2D eigenvalue weighted by molar-refractivity contribution is 0.400. The fraction of sp³-hybridized carbons (Fsp3) is 0.538. The van der Waals surface area contributed by atoms with Crippen molar-refractivity contribution < 1.29 is 4.74 Å². The van der Waals surface area contributed by atoms with Crippen LogP contribution >= 0.6 is 0 Å². The SMILES string of the molecule is COc1c(C(C)C)cc(N=[N+]=[N-])cc1C(C)C. The van der Waals surface area contributed by atoms with Gasteiger partial charge in [0.25, 0.3) is 0 Å². The lowest BCUT2D eigenvalue weighted by Gasteiger charge is -2.19. The topological polar surface area (TPSA) is 58.0 Å². The number of azide groups is 1. The van der Waals surface area contributed by atoms with E-state index in [1.54, 1.807) is 7.11 Å². The summed E-state index contributed by atoms with van der Waals surface area (Å²) in [7, 11) is 1.68. The number of hydrogen-bond donors (Lipinski definition) is 0. The smallest absolute Gasteiger partial charge is 0.125 e. The highest BCUT2D eigenvalue weighted by Crippen LogP contribution is 2.38. The van der Waals surface area contributed by atoms with Crippen molar-refractivity contribution in [3.8, 4) is 5.75 Å². The Morgan fingerprint density at radius 2 is 1.59 bits per heavy atom. The van der Waals surface area contributed by atoms with Gasteiger partial charge in [-0.1, -0.05) is 32.8 Å². The summed E-state index contributed by atoms with van der Waals surface area (Å²) in [5.41, 5.74) is 11.4. The first-order valence-corrected chi connectivity index (χ1v) is 5.78. The van der Waals surface area contributed by atoms with E-state index in [9.17, 15) is 0 Å². The molecule has 0 heterocycles. The van der Waals surface area contributed by atoms with Crippen LogP contribution in [0.5, 0.6) is 5.75 Å². The summed E-state index contributed by atoms with van der Waals surface area (Å²) >= 11 is 0. The quantitative estimate of drug-likeness (QED) is 0.415. The van der Waals surface area contributed by atoms with E-state index in [0.717, 1.165) is 16.9 Å². The maximum Gasteiger partial charge on any atom is 0.125 e. The average molecular weight is 233 g/mol. The van der Waals surface area contributed by atoms with Crippen molar-refractivity contribution in [2.45, 2.75) is 39.5 Å². The molecular weight excluding hydrogens is 214 g/mol. The van der Waals surface area contributed by atoms with Gasteiger partial charge in [-0.15, -0.1) is 0 Å². The van der Waals surface area contributed by atoms with Gasteiger partial charge in [0.05, 0.1) is 7.11 Å². The lowest BCUT2D eigenvalue weighted by Crippen LogP contribution is -2.00. The van der Waals surface area contributed by atoms with Gasteiger partial charge < -0.3 is 4.74 Å². The van der Waals surface area contributed by atoms with E-state index in [2.05, 4.69) is 37.7 Å². The second kappa shape index (κ2) is 5.60. The Balaban J connectivity index is 3.50. The second-order valence-corrected chi connectivity index (χ2v) is 4.66.